The molecular weight excluding hydrogens is 518 g/mol. The van der Waals surface area contributed by atoms with Gasteiger partial charge >= 0.3 is 30.3 Å². The fraction of sp³-hybridized carbons (Fsp3) is 0.864. The molecule has 0 radical (unpaired) electrons. The van der Waals surface area contributed by atoms with Gasteiger partial charge in [0.05, 0.1) is 18.6 Å². The lowest BCUT2D eigenvalue weighted by molar-refractivity contribution is -0.193. The highest BCUT2D eigenvalue weighted by Gasteiger charge is 2.54. The Hall–Kier alpha value is -2.13. The first-order valence-corrected chi connectivity index (χ1v) is 11.8. The summed E-state index contributed by atoms with van der Waals surface area (Å²) in [6, 6.07) is 0. The van der Waals surface area contributed by atoms with E-state index in [1.807, 2.05) is 6.92 Å². The van der Waals surface area contributed by atoms with Crippen molar-refractivity contribution in [3.8, 4) is 0 Å². The lowest BCUT2D eigenvalue weighted by Gasteiger charge is -2.31. The van der Waals surface area contributed by atoms with Gasteiger partial charge in [-0.2, -0.15) is 26.3 Å². The summed E-state index contributed by atoms with van der Waals surface area (Å²) in [4.78, 5) is 35.6. The number of carbonyl (C=O) groups excluding carboxylic acids is 1. The van der Waals surface area contributed by atoms with Crippen molar-refractivity contribution in [3.05, 3.63) is 0 Å². The lowest BCUT2D eigenvalue weighted by Crippen LogP contribution is -2.43. The Bertz CT molecular complexity index is 737. The van der Waals surface area contributed by atoms with Gasteiger partial charge in [-0.1, -0.05) is 0 Å². The summed E-state index contributed by atoms with van der Waals surface area (Å²) in [7, 11) is 1.74. The molecule has 0 aromatic carbocycles. The summed E-state index contributed by atoms with van der Waals surface area (Å²) in [5.41, 5.74) is -0.290. The van der Waals surface area contributed by atoms with Crippen molar-refractivity contribution >= 4 is 17.9 Å². The van der Waals surface area contributed by atoms with Gasteiger partial charge in [-0.15, -0.1) is 0 Å². The Kier molecular flexibility index (Phi) is 12.6. The molecule has 0 aromatic heterocycles. The van der Waals surface area contributed by atoms with Crippen molar-refractivity contribution in [2.24, 2.45) is 17.3 Å². The molecule has 0 amide bonds. The van der Waals surface area contributed by atoms with Crippen LogP contribution in [0.3, 0.4) is 0 Å². The van der Waals surface area contributed by atoms with Gasteiger partial charge in [0.25, 0.3) is 0 Å². The van der Waals surface area contributed by atoms with Crippen LogP contribution >= 0.6 is 0 Å². The molecule has 2 saturated heterocycles. The molecule has 3 rings (SSSR count). The number of nitrogens with zero attached hydrogens (tertiary/aromatic N) is 2. The maximum absolute atomic E-state index is 12.8. The molecule has 2 N–H and O–H groups in total. The topological polar surface area (TPSA) is 117 Å². The summed E-state index contributed by atoms with van der Waals surface area (Å²) >= 11 is 0. The number of carboxylic acid groups (broad SMARTS) is 2. The zero-order chi connectivity index (χ0) is 28.4. The second-order valence-electron chi connectivity index (χ2n) is 9.21. The lowest BCUT2D eigenvalue weighted by atomic mass is 9.75. The fourth-order valence-corrected chi connectivity index (χ4v) is 4.45. The average molecular weight is 553 g/mol. The van der Waals surface area contributed by atoms with Crippen LogP contribution < -0.4 is 0 Å². The largest absolute Gasteiger partial charge is 0.490 e. The summed E-state index contributed by atoms with van der Waals surface area (Å²) in [6.45, 7) is 9.32. The maximum Gasteiger partial charge on any atom is 0.490 e. The third kappa shape index (κ3) is 11.0. The first kappa shape index (κ1) is 32.9. The van der Waals surface area contributed by atoms with E-state index >= 15 is 0 Å². The zero-order valence-electron chi connectivity index (χ0n) is 20.7. The molecule has 0 spiro atoms. The Morgan fingerprint density at radius 3 is 1.92 bits per heavy atom. The molecule has 2 atom stereocenters. The Balaban J connectivity index is 0.000000404. The summed E-state index contributed by atoms with van der Waals surface area (Å²) < 4.78 is 74.2. The minimum atomic E-state index is -5.08. The number of ether oxygens (including phenoxy) is 2. The number of hydrogen-bond donors (Lipinski definition) is 2. The van der Waals surface area contributed by atoms with Crippen LogP contribution in [0.25, 0.3) is 0 Å². The van der Waals surface area contributed by atoms with Gasteiger partial charge in [0.1, 0.15) is 0 Å². The number of carboxylic acids is 2. The summed E-state index contributed by atoms with van der Waals surface area (Å²) in [6.07, 6.45) is -5.30. The van der Waals surface area contributed by atoms with Gasteiger partial charge in [0, 0.05) is 45.8 Å². The molecule has 0 unspecified atom stereocenters. The highest BCUT2D eigenvalue weighted by molar-refractivity contribution is 5.78. The number of esters is 1. The number of carbonyl (C=O) groups is 3. The molecule has 1 saturated carbocycles. The second-order valence-corrected chi connectivity index (χ2v) is 9.21. The van der Waals surface area contributed by atoms with Crippen LogP contribution in [0.1, 0.15) is 32.6 Å². The number of rotatable bonds is 7. The Morgan fingerprint density at radius 2 is 1.49 bits per heavy atom. The molecule has 2 aliphatic heterocycles. The van der Waals surface area contributed by atoms with E-state index < -0.39 is 24.3 Å². The van der Waals surface area contributed by atoms with Crippen molar-refractivity contribution in [1.29, 1.82) is 0 Å². The van der Waals surface area contributed by atoms with Gasteiger partial charge in [-0.3, -0.25) is 9.69 Å². The second kappa shape index (κ2) is 14.1. The van der Waals surface area contributed by atoms with E-state index in [4.69, 9.17) is 29.3 Å². The van der Waals surface area contributed by atoms with Crippen LogP contribution in [0, 0.1) is 17.3 Å². The summed E-state index contributed by atoms with van der Waals surface area (Å²) in [5, 5.41) is 14.2. The SMILES string of the molecule is CCOC(=O)[C@]12CCCN(CC3CC3)C[C@H]1CN(CCOC)C2.O=C(O)C(F)(F)F.O=C(O)C(F)(F)F. The van der Waals surface area contributed by atoms with Crippen molar-refractivity contribution in [3.63, 3.8) is 0 Å². The van der Waals surface area contributed by atoms with Gasteiger partial charge in [-0.05, 0) is 45.1 Å². The van der Waals surface area contributed by atoms with Crippen molar-refractivity contribution in [1.82, 2.24) is 9.80 Å². The molecule has 15 heteroatoms. The van der Waals surface area contributed by atoms with E-state index in [2.05, 4.69) is 9.80 Å². The van der Waals surface area contributed by atoms with Gasteiger partial charge < -0.3 is 24.6 Å². The average Bonchev–Trinajstić information content (AvgIpc) is 3.55. The molecule has 3 aliphatic rings. The van der Waals surface area contributed by atoms with E-state index in [1.165, 1.54) is 19.4 Å². The van der Waals surface area contributed by atoms with E-state index in [0.29, 0.717) is 12.5 Å². The van der Waals surface area contributed by atoms with E-state index in [0.717, 1.165) is 58.1 Å². The smallest absolute Gasteiger partial charge is 0.475 e. The predicted octanol–water partition coefficient (Wildman–Crippen LogP) is 2.89. The monoisotopic (exact) mass is 552 g/mol. The Morgan fingerprint density at radius 1 is 0.973 bits per heavy atom. The number of hydrogen-bond acceptors (Lipinski definition) is 7. The normalized spacial score (nSPS) is 24.5. The first-order chi connectivity index (χ1) is 17.1. The van der Waals surface area contributed by atoms with Crippen LogP contribution in [0.5, 0.6) is 0 Å². The van der Waals surface area contributed by atoms with Crippen LogP contribution in [0.4, 0.5) is 26.3 Å². The van der Waals surface area contributed by atoms with E-state index in [1.54, 1.807) is 7.11 Å². The molecule has 2 heterocycles. The van der Waals surface area contributed by atoms with E-state index in [9.17, 15) is 31.1 Å². The molecule has 3 fully saturated rings. The van der Waals surface area contributed by atoms with Crippen molar-refractivity contribution in [2.75, 3.05) is 59.6 Å². The molecule has 216 valence electrons. The highest BCUT2D eigenvalue weighted by atomic mass is 19.4. The van der Waals surface area contributed by atoms with Crippen LogP contribution in [0.2, 0.25) is 0 Å². The molecular formula is C22H34F6N2O7. The molecule has 37 heavy (non-hydrogen) atoms. The fourth-order valence-electron chi connectivity index (χ4n) is 4.45. The van der Waals surface area contributed by atoms with Gasteiger partial charge in [-0.25, -0.2) is 9.59 Å². The third-order valence-electron chi connectivity index (χ3n) is 6.33. The number of halogens is 6. The van der Waals surface area contributed by atoms with Crippen molar-refractivity contribution in [2.45, 2.75) is 45.0 Å². The van der Waals surface area contributed by atoms with Crippen molar-refractivity contribution < 1.29 is 60.4 Å². The number of alkyl halides is 6. The van der Waals surface area contributed by atoms with Crippen LogP contribution in [-0.4, -0.2) is 110 Å². The number of fused-ring (bicyclic) bond motifs is 1. The number of likely N-dealkylation sites (tertiary alicyclic amines) is 2. The highest BCUT2D eigenvalue weighted by Crippen LogP contribution is 2.44. The van der Waals surface area contributed by atoms with Gasteiger partial charge in [0.2, 0.25) is 0 Å². The van der Waals surface area contributed by atoms with Gasteiger partial charge in [0.15, 0.2) is 0 Å². The number of methoxy groups -OCH3 is 1. The molecule has 9 nitrogen and oxygen atoms in total. The molecule has 1 aliphatic carbocycles. The summed E-state index contributed by atoms with van der Waals surface area (Å²) in [5.74, 6) is -4.16. The zero-order valence-corrected chi connectivity index (χ0v) is 20.7. The first-order valence-electron chi connectivity index (χ1n) is 11.8. The van der Waals surface area contributed by atoms with Crippen LogP contribution in [0.15, 0.2) is 0 Å². The quantitative estimate of drug-likeness (QED) is 0.363. The number of aliphatic carboxylic acids is 2. The predicted molar refractivity (Wildman–Crippen MR) is 117 cm³/mol. The van der Waals surface area contributed by atoms with E-state index in [-0.39, 0.29) is 11.4 Å². The maximum atomic E-state index is 12.8. The third-order valence-corrected chi connectivity index (χ3v) is 6.33. The molecule has 0 bridgehead atoms. The standard InChI is InChI=1S/C18H32N2O3.2C2HF3O2/c1-3-23-17(21)18-7-4-8-19(11-15-5-6-15)12-16(18)13-20(14-18)9-10-22-2;2*3-2(4,5)1(6)7/h15-16H,3-14H2,1-2H3;2*(H,6,7)/t16-,18-;;/m0../s1. The minimum absolute atomic E-state index is 0.0400. The Labute approximate surface area is 210 Å². The minimum Gasteiger partial charge on any atom is -0.475 e. The van der Waals surface area contributed by atoms with Crippen LogP contribution in [-0.2, 0) is 23.9 Å². The molecule has 0 aromatic rings.